The summed E-state index contributed by atoms with van der Waals surface area (Å²) in [5, 5.41) is 5.00. The maximum atomic E-state index is 12.5. The number of rotatable bonds is 28. The molecule has 8 heteroatoms. The molecule has 124 heavy (non-hydrogen) atoms. The van der Waals surface area contributed by atoms with Crippen LogP contribution in [0.3, 0.4) is 0 Å². The van der Waals surface area contributed by atoms with Gasteiger partial charge in [-0.15, -0.1) is 0 Å². The number of hydrogen-bond donors (Lipinski definition) is 0. The molecule has 2 aromatic heterocycles. The molecule has 0 saturated heterocycles. The van der Waals surface area contributed by atoms with E-state index in [4.69, 9.17) is 0 Å². The molecule has 0 N–H and O–H groups in total. The molecule has 2 heterocycles. The number of Topliss-reactive ketones (excluding diaryl/α,β-unsaturated/α-hetero) is 4. The van der Waals surface area contributed by atoms with Crippen LogP contribution < -0.4 is 9.80 Å². The van der Waals surface area contributed by atoms with Crippen molar-refractivity contribution in [3.05, 3.63) is 435 Å². The molecule has 0 aliphatic carbocycles. The third kappa shape index (κ3) is 20.2. The van der Waals surface area contributed by atoms with Crippen molar-refractivity contribution in [3.8, 4) is 55.9 Å². The number of nitrogens with zero attached hydrogens (tertiary/aromatic N) is 4. The molecule has 0 fully saturated rings. The van der Waals surface area contributed by atoms with E-state index in [2.05, 4.69) is 362 Å². The predicted molar refractivity (Wildman–Crippen MR) is 521 cm³/mol. The third-order valence-electron chi connectivity index (χ3n) is 22.8. The number of hydrogen-bond acceptors (Lipinski definition) is 6. The molecule has 612 valence electrons. The second-order valence-corrected chi connectivity index (χ2v) is 31.4. The van der Waals surface area contributed by atoms with Crippen LogP contribution in [0.2, 0.25) is 0 Å². The Morgan fingerprint density at radius 3 is 0.718 bits per heavy atom. The molecule has 0 aliphatic rings. The van der Waals surface area contributed by atoms with Crippen molar-refractivity contribution in [1.29, 1.82) is 0 Å². The molecule has 0 spiro atoms. The van der Waals surface area contributed by atoms with Crippen molar-refractivity contribution in [1.82, 2.24) is 9.13 Å². The zero-order valence-corrected chi connectivity index (χ0v) is 71.2. The number of fused-ring (bicyclic) bond motifs is 6. The minimum Gasteiger partial charge on any atom is -0.311 e. The Bertz CT molecular complexity index is 6410. The lowest BCUT2D eigenvalue weighted by molar-refractivity contribution is 0.0972. The monoisotopic (exact) mass is 1620 g/mol. The van der Waals surface area contributed by atoms with Gasteiger partial charge < -0.3 is 18.9 Å². The molecule has 18 aromatic rings. The number of ketones is 4. The number of unbranched alkanes of at least 4 members (excludes halogenated alkanes) is 4. The highest BCUT2D eigenvalue weighted by atomic mass is 16.1. The highest BCUT2D eigenvalue weighted by Gasteiger charge is 2.19. The first-order chi connectivity index (χ1) is 61.0. The zero-order valence-electron chi connectivity index (χ0n) is 71.2. The van der Waals surface area contributed by atoms with Gasteiger partial charge in [0.05, 0.1) is 22.1 Å². The fourth-order valence-electron chi connectivity index (χ4n) is 16.2. The van der Waals surface area contributed by atoms with E-state index in [9.17, 15) is 19.2 Å². The van der Waals surface area contributed by atoms with Gasteiger partial charge >= 0.3 is 0 Å². The van der Waals surface area contributed by atoms with Crippen molar-refractivity contribution in [3.63, 3.8) is 0 Å². The summed E-state index contributed by atoms with van der Waals surface area (Å²) >= 11 is 0. The maximum absolute atomic E-state index is 12.5. The van der Waals surface area contributed by atoms with Crippen LogP contribution in [0.25, 0.3) is 99.5 Å². The number of anilines is 6. The van der Waals surface area contributed by atoms with Gasteiger partial charge in [-0.2, -0.15) is 0 Å². The minimum absolute atomic E-state index is 0.222. The molecular formula is C116H104N4O4. The fourth-order valence-corrected chi connectivity index (χ4v) is 16.2. The molecule has 18 rings (SSSR count). The van der Waals surface area contributed by atoms with E-state index >= 15 is 0 Å². The highest BCUT2D eigenvalue weighted by molar-refractivity contribution is 6.11. The molecule has 0 radical (unpaired) electrons. The molecule has 0 unspecified atom stereocenters. The molecule has 0 saturated carbocycles. The predicted octanol–water partition coefficient (Wildman–Crippen LogP) is 32.0. The van der Waals surface area contributed by atoms with Gasteiger partial charge in [-0.3, -0.25) is 19.2 Å². The van der Waals surface area contributed by atoms with Crippen LogP contribution in [0, 0.1) is 0 Å². The number of para-hydroxylation sites is 8. The summed E-state index contributed by atoms with van der Waals surface area (Å²) in [5.74, 6) is 0.898. The Labute approximate surface area is 729 Å². The number of carbonyl (C=O) groups is 4. The molecular weight excluding hydrogens is 1510 g/mol. The number of benzene rings is 16. The average molecular weight is 1620 g/mol. The van der Waals surface area contributed by atoms with Crippen LogP contribution in [-0.4, -0.2) is 32.3 Å². The van der Waals surface area contributed by atoms with Crippen molar-refractivity contribution in [2.75, 3.05) is 9.80 Å². The summed E-state index contributed by atoms with van der Waals surface area (Å²) in [4.78, 5) is 54.3. The standard InChI is InChI=1S/C35H31NO.C29H25NO.C29H27NO.C23H21NO/c1-2-3-17-35(37)31-12-10-11-30(26-31)29-20-18-27(19-21-29)28-22-24-34(25-23-28)36(32-13-6-4-7-14-32)33-15-8-5-9-16-33;1-2-3-15-29(31)23-10-8-9-22(20-23)21-16-18-24(19-17-21)30-27-13-6-4-11-25(27)26-12-5-7-14-28(26)30;1-2-3-17-29(31)25-12-10-11-24(22-25)23-18-20-28(21-19-23)30(26-13-6-4-7-14-26)27-15-8-5-9-16-27;1-2-3-15-23(25)17-9-8-10-18(16-17)24-21-13-6-4-11-19(21)20-12-5-7-14-22(20)24/h4-16,18-26H,2-3,17H2,1H3;4-14,16-20H,2-3,15H2,1H3;4-16,18-22H,2-3,17H2,1H3;4-14,16H,2-3,15H2,1H3. The van der Waals surface area contributed by atoms with E-state index in [1.54, 1.807) is 0 Å². The summed E-state index contributed by atoms with van der Waals surface area (Å²) in [6.07, 6.45) is 10.4. The molecule has 0 bridgehead atoms. The smallest absolute Gasteiger partial charge is 0.162 e. The first kappa shape index (κ1) is 84.4. The Morgan fingerprint density at radius 2 is 0.427 bits per heavy atom. The lowest BCUT2D eigenvalue weighted by Crippen LogP contribution is -2.09. The summed E-state index contributed by atoms with van der Waals surface area (Å²) in [6.45, 7) is 8.45. The van der Waals surface area contributed by atoms with E-state index in [1.165, 1.54) is 49.2 Å². The lowest BCUT2D eigenvalue weighted by Gasteiger charge is -2.25. The topological polar surface area (TPSA) is 84.6 Å². The van der Waals surface area contributed by atoms with Crippen LogP contribution in [0.15, 0.2) is 413 Å². The summed E-state index contributed by atoms with van der Waals surface area (Å²) in [7, 11) is 0. The Kier molecular flexibility index (Phi) is 28.3. The van der Waals surface area contributed by atoms with Crippen LogP contribution in [0.1, 0.15) is 146 Å². The normalized spacial score (nSPS) is 10.9. The van der Waals surface area contributed by atoms with Gasteiger partial charge in [-0.1, -0.05) is 326 Å². The van der Waals surface area contributed by atoms with Crippen LogP contribution >= 0.6 is 0 Å². The van der Waals surface area contributed by atoms with E-state index in [-0.39, 0.29) is 23.1 Å². The number of aromatic nitrogens is 2. The van der Waals surface area contributed by atoms with Gasteiger partial charge in [0, 0.05) is 115 Å². The van der Waals surface area contributed by atoms with Gasteiger partial charge in [0.15, 0.2) is 23.1 Å². The van der Waals surface area contributed by atoms with E-state index in [1.807, 2.05) is 97.1 Å². The zero-order chi connectivity index (χ0) is 85.4. The van der Waals surface area contributed by atoms with Gasteiger partial charge in [-0.25, -0.2) is 0 Å². The van der Waals surface area contributed by atoms with Gasteiger partial charge in [0.25, 0.3) is 0 Å². The van der Waals surface area contributed by atoms with Crippen molar-refractivity contribution in [2.45, 2.75) is 105 Å². The van der Waals surface area contributed by atoms with Gasteiger partial charge in [0.1, 0.15) is 0 Å². The fraction of sp³-hybridized carbons (Fsp3) is 0.138. The minimum atomic E-state index is 0.222. The summed E-state index contributed by atoms with van der Waals surface area (Å²) in [6, 6.07) is 142. The van der Waals surface area contributed by atoms with Crippen LogP contribution in [-0.2, 0) is 0 Å². The number of carbonyl (C=O) groups excluding carboxylic acids is 4. The largest absolute Gasteiger partial charge is 0.311 e. The maximum Gasteiger partial charge on any atom is 0.162 e. The van der Waals surface area contributed by atoms with Crippen molar-refractivity contribution < 1.29 is 19.2 Å². The Hall–Kier alpha value is -14.6. The average Bonchev–Trinajstić information content (AvgIpc) is 1.60. The molecule has 16 aromatic carbocycles. The van der Waals surface area contributed by atoms with Crippen molar-refractivity contribution >= 4 is 101 Å². The first-order valence-electron chi connectivity index (χ1n) is 43.8. The van der Waals surface area contributed by atoms with E-state index in [0.717, 1.165) is 158 Å². The van der Waals surface area contributed by atoms with Crippen molar-refractivity contribution in [2.24, 2.45) is 0 Å². The molecule has 0 amide bonds. The lowest BCUT2D eigenvalue weighted by atomic mass is 9.97. The Balaban J connectivity index is 0.000000129. The molecule has 0 aliphatic heterocycles. The van der Waals surface area contributed by atoms with E-state index < -0.39 is 0 Å². The van der Waals surface area contributed by atoms with E-state index in [0.29, 0.717) is 25.7 Å². The molecule has 8 nitrogen and oxygen atoms in total. The first-order valence-corrected chi connectivity index (χ1v) is 43.8. The summed E-state index contributed by atoms with van der Waals surface area (Å²) in [5.41, 5.74) is 25.7. The highest BCUT2D eigenvalue weighted by Crippen LogP contribution is 2.40. The second-order valence-electron chi connectivity index (χ2n) is 31.4. The SMILES string of the molecule is CCCCC(=O)c1cccc(-c2ccc(-c3ccc(N(c4ccccc4)c4ccccc4)cc3)cc2)c1.CCCCC(=O)c1cccc(-c2ccc(-n3c4ccccc4c4ccccc43)cc2)c1.CCCCC(=O)c1cccc(-c2ccc(N(c3ccccc3)c3ccccc3)cc2)c1.CCCCC(=O)c1cccc(-n2c3ccccc3c3ccccc32)c1. The van der Waals surface area contributed by atoms with Gasteiger partial charge in [0.2, 0.25) is 0 Å². The Morgan fingerprint density at radius 1 is 0.202 bits per heavy atom. The van der Waals surface area contributed by atoms with Crippen LogP contribution in [0.5, 0.6) is 0 Å². The quantitative estimate of drug-likeness (QED) is 0.0454. The summed E-state index contributed by atoms with van der Waals surface area (Å²) < 4.78 is 4.57. The second kappa shape index (κ2) is 41.6. The van der Waals surface area contributed by atoms with Crippen LogP contribution in [0.4, 0.5) is 34.1 Å². The molecule has 0 atom stereocenters. The van der Waals surface area contributed by atoms with Gasteiger partial charge in [-0.05, 0) is 210 Å². The third-order valence-corrected chi connectivity index (χ3v) is 22.8.